The number of rotatable bonds is 1. The van der Waals surface area contributed by atoms with Crippen molar-refractivity contribution >= 4 is 21.6 Å². The van der Waals surface area contributed by atoms with Gasteiger partial charge < -0.3 is 4.90 Å². The minimum Gasteiger partial charge on any atom is -0.370 e. The van der Waals surface area contributed by atoms with Crippen LogP contribution in [0, 0.1) is 12.7 Å². The summed E-state index contributed by atoms with van der Waals surface area (Å²) in [6, 6.07) is 3.14. The third kappa shape index (κ3) is 1.78. The Morgan fingerprint density at radius 3 is 2.50 bits per heavy atom. The lowest BCUT2D eigenvalue weighted by Crippen LogP contribution is -2.19. The molecule has 1 aromatic carbocycles. The molecule has 0 saturated carbocycles. The van der Waals surface area contributed by atoms with Crippen LogP contribution in [0.2, 0.25) is 0 Å². The summed E-state index contributed by atoms with van der Waals surface area (Å²) in [5, 5.41) is 0. The molecule has 1 aromatic rings. The van der Waals surface area contributed by atoms with Crippen LogP contribution in [0.3, 0.4) is 0 Å². The van der Waals surface area contributed by atoms with Gasteiger partial charge >= 0.3 is 0 Å². The zero-order valence-electron chi connectivity index (χ0n) is 8.19. The molecule has 0 aliphatic carbocycles. The molecule has 0 spiro atoms. The van der Waals surface area contributed by atoms with Gasteiger partial charge in [-0.15, -0.1) is 0 Å². The lowest BCUT2D eigenvalue weighted by Gasteiger charge is -2.21. The molecule has 1 saturated heterocycles. The number of nitrogens with zero attached hydrogens (tertiary/aromatic N) is 1. The van der Waals surface area contributed by atoms with Crippen LogP contribution in [0.25, 0.3) is 0 Å². The fourth-order valence-electron chi connectivity index (χ4n) is 2.04. The van der Waals surface area contributed by atoms with E-state index in [4.69, 9.17) is 0 Å². The van der Waals surface area contributed by atoms with Gasteiger partial charge in [0.1, 0.15) is 5.82 Å². The Labute approximate surface area is 92.0 Å². The second-order valence-corrected chi connectivity index (χ2v) is 4.60. The van der Waals surface area contributed by atoms with Crippen molar-refractivity contribution in [2.45, 2.75) is 19.8 Å². The number of benzene rings is 1. The van der Waals surface area contributed by atoms with E-state index in [0.29, 0.717) is 0 Å². The average molecular weight is 258 g/mol. The maximum atomic E-state index is 13.0. The van der Waals surface area contributed by atoms with Crippen LogP contribution in [0.5, 0.6) is 0 Å². The third-order valence-corrected chi connectivity index (χ3v) is 3.25. The summed E-state index contributed by atoms with van der Waals surface area (Å²) in [6.07, 6.45) is 2.48. The molecule has 0 atom stereocenters. The number of hydrogen-bond acceptors (Lipinski definition) is 1. The van der Waals surface area contributed by atoms with Gasteiger partial charge in [0.25, 0.3) is 0 Å². The summed E-state index contributed by atoms with van der Waals surface area (Å²) in [7, 11) is 0. The molecule has 0 N–H and O–H groups in total. The molecule has 1 fully saturated rings. The normalized spacial score (nSPS) is 16.4. The molecule has 0 aromatic heterocycles. The Kier molecular flexibility index (Phi) is 2.77. The number of anilines is 1. The van der Waals surface area contributed by atoms with Crippen LogP contribution in [0.15, 0.2) is 16.6 Å². The molecule has 0 bridgehead atoms. The summed E-state index contributed by atoms with van der Waals surface area (Å²) >= 11 is 3.43. The summed E-state index contributed by atoms with van der Waals surface area (Å²) in [6.45, 7) is 4.14. The smallest absolute Gasteiger partial charge is 0.124 e. The Balaban J connectivity index is 2.40. The molecule has 0 radical (unpaired) electrons. The summed E-state index contributed by atoms with van der Waals surface area (Å²) in [5.74, 6) is -0.169. The molecule has 1 aliphatic heterocycles. The second kappa shape index (κ2) is 3.89. The lowest BCUT2D eigenvalue weighted by atomic mass is 10.2. The molecule has 0 unspecified atom stereocenters. The van der Waals surface area contributed by atoms with Gasteiger partial charge in [0.15, 0.2) is 0 Å². The van der Waals surface area contributed by atoms with E-state index in [0.717, 1.165) is 28.8 Å². The van der Waals surface area contributed by atoms with E-state index in [1.807, 2.05) is 6.92 Å². The maximum Gasteiger partial charge on any atom is 0.124 e. The van der Waals surface area contributed by atoms with E-state index in [1.54, 1.807) is 12.1 Å². The van der Waals surface area contributed by atoms with E-state index >= 15 is 0 Å². The van der Waals surface area contributed by atoms with Crippen molar-refractivity contribution in [1.82, 2.24) is 0 Å². The predicted molar refractivity (Wildman–Crippen MR) is 60.3 cm³/mol. The molecular formula is C11H13BrFN. The van der Waals surface area contributed by atoms with Gasteiger partial charge in [-0.25, -0.2) is 4.39 Å². The first-order chi connectivity index (χ1) is 6.68. The lowest BCUT2D eigenvalue weighted by molar-refractivity contribution is 0.625. The number of hydrogen-bond donors (Lipinski definition) is 0. The van der Waals surface area contributed by atoms with E-state index in [9.17, 15) is 4.39 Å². The first-order valence-corrected chi connectivity index (χ1v) is 5.68. The van der Waals surface area contributed by atoms with Crippen LogP contribution in [0.4, 0.5) is 10.1 Å². The quantitative estimate of drug-likeness (QED) is 0.745. The standard InChI is InChI=1S/C11H13BrFN/c1-8-6-9(13)7-10(12)11(8)14-4-2-3-5-14/h6-7H,2-5H2,1H3. The largest absolute Gasteiger partial charge is 0.370 e. The van der Waals surface area contributed by atoms with Crippen molar-refractivity contribution in [1.29, 1.82) is 0 Å². The highest BCUT2D eigenvalue weighted by Crippen LogP contribution is 2.33. The molecule has 2 rings (SSSR count). The fourth-order valence-corrected chi connectivity index (χ4v) is 2.82. The first kappa shape index (κ1) is 9.97. The van der Waals surface area contributed by atoms with E-state index < -0.39 is 0 Å². The molecule has 76 valence electrons. The van der Waals surface area contributed by atoms with Crippen molar-refractivity contribution in [3.05, 3.63) is 28.0 Å². The maximum absolute atomic E-state index is 13.0. The zero-order chi connectivity index (χ0) is 10.1. The van der Waals surface area contributed by atoms with Gasteiger partial charge in [0, 0.05) is 17.6 Å². The molecule has 1 nitrogen and oxygen atoms in total. The fraction of sp³-hybridized carbons (Fsp3) is 0.455. The minimum atomic E-state index is -0.169. The number of aryl methyl sites for hydroxylation is 1. The Morgan fingerprint density at radius 1 is 1.29 bits per heavy atom. The molecule has 1 heterocycles. The molecular weight excluding hydrogens is 245 g/mol. The van der Waals surface area contributed by atoms with E-state index in [2.05, 4.69) is 20.8 Å². The highest BCUT2D eigenvalue weighted by Gasteiger charge is 2.17. The minimum absolute atomic E-state index is 0.169. The van der Waals surface area contributed by atoms with Crippen molar-refractivity contribution in [2.24, 2.45) is 0 Å². The first-order valence-electron chi connectivity index (χ1n) is 4.89. The van der Waals surface area contributed by atoms with Gasteiger partial charge in [-0.1, -0.05) is 0 Å². The van der Waals surface area contributed by atoms with Crippen LogP contribution in [-0.4, -0.2) is 13.1 Å². The van der Waals surface area contributed by atoms with Gasteiger partial charge in [0.05, 0.1) is 5.69 Å². The molecule has 0 amide bonds. The monoisotopic (exact) mass is 257 g/mol. The van der Waals surface area contributed by atoms with Crippen LogP contribution < -0.4 is 4.90 Å². The van der Waals surface area contributed by atoms with Gasteiger partial charge in [-0.05, 0) is 53.4 Å². The zero-order valence-corrected chi connectivity index (χ0v) is 9.77. The predicted octanol–water partition coefficient (Wildman–Crippen LogP) is 3.50. The van der Waals surface area contributed by atoms with Crippen LogP contribution >= 0.6 is 15.9 Å². The average Bonchev–Trinajstić information content (AvgIpc) is 2.54. The highest BCUT2D eigenvalue weighted by molar-refractivity contribution is 9.10. The van der Waals surface area contributed by atoms with Crippen LogP contribution in [-0.2, 0) is 0 Å². The Bertz CT molecular complexity index is 322. The van der Waals surface area contributed by atoms with Crippen molar-refractivity contribution in [3.8, 4) is 0 Å². The van der Waals surface area contributed by atoms with E-state index in [1.165, 1.54) is 12.8 Å². The topological polar surface area (TPSA) is 3.24 Å². The molecule has 1 aliphatic rings. The summed E-state index contributed by atoms with van der Waals surface area (Å²) in [4.78, 5) is 2.32. The van der Waals surface area contributed by atoms with Gasteiger partial charge in [-0.2, -0.15) is 0 Å². The Morgan fingerprint density at radius 2 is 1.93 bits per heavy atom. The Hall–Kier alpha value is -0.570. The van der Waals surface area contributed by atoms with Crippen molar-refractivity contribution in [3.63, 3.8) is 0 Å². The highest BCUT2D eigenvalue weighted by atomic mass is 79.9. The van der Waals surface area contributed by atoms with E-state index in [-0.39, 0.29) is 5.82 Å². The summed E-state index contributed by atoms with van der Waals surface area (Å²) in [5.41, 5.74) is 2.17. The summed E-state index contributed by atoms with van der Waals surface area (Å²) < 4.78 is 13.9. The number of halogens is 2. The van der Waals surface area contributed by atoms with Crippen molar-refractivity contribution < 1.29 is 4.39 Å². The molecule has 3 heteroatoms. The van der Waals surface area contributed by atoms with Gasteiger partial charge in [0.2, 0.25) is 0 Å². The van der Waals surface area contributed by atoms with Crippen molar-refractivity contribution in [2.75, 3.05) is 18.0 Å². The SMILES string of the molecule is Cc1cc(F)cc(Br)c1N1CCCC1. The second-order valence-electron chi connectivity index (χ2n) is 3.75. The molecule has 14 heavy (non-hydrogen) atoms. The van der Waals surface area contributed by atoms with Crippen LogP contribution in [0.1, 0.15) is 18.4 Å². The van der Waals surface area contributed by atoms with Gasteiger partial charge in [-0.3, -0.25) is 0 Å². The third-order valence-electron chi connectivity index (χ3n) is 2.64.